The van der Waals surface area contributed by atoms with Crippen LogP contribution >= 0.6 is 0 Å². The summed E-state index contributed by atoms with van der Waals surface area (Å²) in [5.74, 6) is 1.05. The first-order valence-electron chi connectivity index (χ1n) is 7.42. The number of carbonyl (C=O) groups excluding carboxylic acids is 1. The Morgan fingerprint density at radius 2 is 1.87 bits per heavy atom. The van der Waals surface area contributed by atoms with Crippen LogP contribution in [-0.4, -0.2) is 25.3 Å². The van der Waals surface area contributed by atoms with Gasteiger partial charge in [0.15, 0.2) is 6.61 Å². The van der Waals surface area contributed by atoms with Crippen LogP contribution in [0.15, 0.2) is 53.6 Å². The molecule has 120 valence electrons. The Hall–Kier alpha value is -2.82. The lowest BCUT2D eigenvalue weighted by atomic mass is 10.2. The van der Waals surface area contributed by atoms with Crippen LogP contribution in [0.5, 0.6) is 11.5 Å². The fraction of sp³-hybridized carbons (Fsp3) is 0.222. The molecule has 2 aromatic carbocycles. The highest BCUT2D eigenvalue weighted by Gasteiger charge is 2.02. The van der Waals surface area contributed by atoms with Crippen molar-refractivity contribution in [3.05, 3.63) is 59.7 Å². The van der Waals surface area contributed by atoms with E-state index in [0.29, 0.717) is 12.4 Å². The third-order valence-corrected chi connectivity index (χ3v) is 3.00. The van der Waals surface area contributed by atoms with Gasteiger partial charge in [-0.2, -0.15) is 5.10 Å². The Labute approximate surface area is 135 Å². The molecular formula is C18H20N2O3. The molecular weight excluding hydrogens is 292 g/mol. The van der Waals surface area contributed by atoms with Crippen LogP contribution < -0.4 is 14.9 Å². The summed E-state index contributed by atoms with van der Waals surface area (Å²) in [6.45, 7) is 4.39. The van der Waals surface area contributed by atoms with Gasteiger partial charge in [-0.3, -0.25) is 4.79 Å². The van der Waals surface area contributed by atoms with Gasteiger partial charge in [0.1, 0.15) is 11.5 Å². The molecule has 0 aliphatic rings. The van der Waals surface area contributed by atoms with E-state index in [1.54, 1.807) is 6.21 Å². The third kappa shape index (κ3) is 5.47. The van der Waals surface area contributed by atoms with Gasteiger partial charge in [0.25, 0.3) is 5.91 Å². The number of benzene rings is 2. The maximum atomic E-state index is 11.7. The van der Waals surface area contributed by atoms with Crippen LogP contribution in [-0.2, 0) is 4.79 Å². The van der Waals surface area contributed by atoms with E-state index in [1.807, 2.05) is 62.4 Å². The molecule has 0 aliphatic heterocycles. The molecule has 2 aromatic rings. The fourth-order valence-corrected chi connectivity index (χ4v) is 1.86. The van der Waals surface area contributed by atoms with Gasteiger partial charge in [-0.1, -0.05) is 29.8 Å². The van der Waals surface area contributed by atoms with Crippen molar-refractivity contribution in [1.29, 1.82) is 0 Å². The smallest absolute Gasteiger partial charge is 0.277 e. The summed E-state index contributed by atoms with van der Waals surface area (Å²) in [5, 5.41) is 3.93. The summed E-state index contributed by atoms with van der Waals surface area (Å²) < 4.78 is 10.9. The number of amides is 1. The predicted octanol–water partition coefficient (Wildman–Crippen LogP) is 2.92. The molecule has 0 aliphatic carbocycles. The molecule has 0 saturated carbocycles. The summed E-state index contributed by atoms with van der Waals surface area (Å²) in [6.07, 6.45) is 1.55. The normalized spacial score (nSPS) is 10.5. The van der Waals surface area contributed by atoms with Crippen LogP contribution in [0.4, 0.5) is 0 Å². The van der Waals surface area contributed by atoms with E-state index in [1.165, 1.54) is 0 Å². The monoisotopic (exact) mass is 312 g/mol. The molecule has 2 rings (SSSR count). The molecule has 0 unspecified atom stereocenters. The number of nitrogens with zero attached hydrogens (tertiary/aromatic N) is 1. The number of hydrogen-bond donors (Lipinski definition) is 1. The quantitative estimate of drug-likeness (QED) is 0.631. The van der Waals surface area contributed by atoms with Gasteiger partial charge in [-0.15, -0.1) is 0 Å². The van der Waals surface area contributed by atoms with Gasteiger partial charge in [-0.25, -0.2) is 5.43 Å². The van der Waals surface area contributed by atoms with Gasteiger partial charge in [0, 0.05) is 5.56 Å². The Balaban J connectivity index is 1.83. The van der Waals surface area contributed by atoms with Crippen molar-refractivity contribution < 1.29 is 14.3 Å². The summed E-state index contributed by atoms with van der Waals surface area (Å²) in [5.41, 5.74) is 4.37. The average molecular weight is 312 g/mol. The van der Waals surface area contributed by atoms with Crippen LogP contribution in [0.3, 0.4) is 0 Å². The van der Waals surface area contributed by atoms with Crippen molar-refractivity contribution in [3.63, 3.8) is 0 Å². The number of carbonyl (C=O) groups is 1. The molecule has 0 aromatic heterocycles. The molecule has 1 amide bonds. The van der Waals surface area contributed by atoms with Crippen LogP contribution in [0, 0.1) is 6.92 Å². The molecule has 0 heterocycles. The average Bonchev–Trinajstić information content (AvgIpc) is 2.56. The van der Waals surface area contributed by atoms with Gasteiger partial charge in [0.2, 0.25) is 0 Å². The van der Waals surface area contributed by atoms with E-state index >= 15 is 0 Å². The maximum absolute atomic E-state index is 11.7. The lowest BCUT2D eigenvalue weighted by Crippen LogP contribution is -2.24. The Morgan fingerprint density at radius 3 is 2.61 bits per heavy atom. The predicted molar refractivity (Wildman–Crippen MR) is 90.0 cm³/mol. The zero-order valence-corrected chi connectivity index (χ0v) is 13.3. The molecule has 0 spiro atoms. The number of nitrogens with one attached hydrogen (secondary N) is 1. The van der Waals surface area contributed by atoms with E-state index in [0.717, 1.165) is 16.9 Å². The van der Waals surface area contributed by atoms with E-state index < -0.39 is 0 Å². The summed E-state index contributed by atoms with van der Waals surface area (Å²) >= 11 is 0. The van der Waals surface area contributed by atoms with Crippen LogP contribution in [0.2, 0.25) is 0 Å². The minimum atomic E-state index is -0.323. The SMILES string of the molecule is CCOc1ccccc1/C=N\NC(=O)COc1ccc(C)cc1. The third-order valence-electron chi connectivity index (χ3n) is 3.00. The first kappa shape index (κ1) is 16.5. The van der Waals surface area contributed by atoms with Gasteiger partial charge >= 0.3 is 0 Å². The van der Waals surface area contributed by atoms with E-state index in [9.17, 15) is 4.79 Å². The summed E-state index contributed by atoms with van der Waals surface area (Å²) in [7, 11) is 0. The van der Waals surface area contributed by atoms with Crippen molar-refractivity contribution in [2.45, 2.75) is 13.8 Å². The number of rotatable bonds is 7. The van der Waals surface area contributed by atoms with Gasteiger partial charge in [-0.05, 0) is 38.1 Å². The highest BCUT2D eigenvalue weighted by atomic mass is 16.5. The zero-order chi connectivity index (χ0) is 16.5. The first-order valence-corrected chi connectivity index (χ1v) is 7.42. The Kier molecular flexibility index (Phi) is 6.17. The second kappa shape index (κ2) is 8.58. The van der Waals surface area contributed by atoms with Crippen molar-refractivity contribution in [1.82, 2.24) is 5.43 Å². The Morgan fingerprint density at radius 1 is 1.13 bits per heavy atom. The number of hydrogen-bond acceptors (Lipinski definition) is 4. The second-order valence-electron chi connectivity index (χ2n) is 4.87. The standard InChI is InChI=1S/C18H20N2O3/c1-3-22-17-7-5-4-6-15(17)12-19-20-18(21)13-23-16-10-8-14(2)9-11-16/h4-12H,3,13H2,1-2H3,(H,20,21)/b19-12-. The fourth-order valence-electron chi connectivity index (χ4n) is 1.86. The van der Waals surface area contributed by atoms with E-state index in [4.69, 9.17) is 9.47 Å². The van der Waals surface area contributed by atoms with Crippen LogP contribution in [0.1, 0.15) is 18.1 Å². The van der Waals surface area contributed by atoms with Crippen molar-refractivity contribution >= 4 is 12.1 Å². The molecule has 0 radical (unpaired) electrons. The lowest BCUT2D eigenvalue weighted by Gasteiger charge is -2.06. The maximum Gasteiger partial charge on any atom is 0.277 e. The van der Waals surface area contributed by atoms with Crippen molar-refractivity contribution in [3.8, 4) is 11.5 Å². The zero-order valence-electron chi connectivity index (χ0n) is 13.3. The number of para-hydroxylation sites is 1. The number of ether oxygens (including phenoxy) is 2. The van der Waals surface area contributed by atoms with Crippen molar-refractivity contribution in [2.24, 2.45) is 5.10 Å². The summed E-state index contributed by atoms with van der Waals surface area (Å²) in [4.78, 5) is 11.7. The molecule has 1 N–H and O–H groups in total. The highest BCUT2D eigenvalue weighted by Crippen LogP contribution is 2.15. The largest absolute Gasteiger partial charge is 0.493 e. The van der Waals surface area contributed by atoms with Crippen LogP contribution in [0.25, 0.3) is 0 Å². The highest BCUT2D eigenvalue weighted by molar-refractivity contribution is 5.85. The topological polar surface area (TPSA) is 59.9 Å². The van der Waals surface area contributed by atoms with Gasteiger partial charge < -0.3 is 9.47 Å². The number of aryl methyl sites for hydroxylation is 1. The molecule has 0 bridgehead atoms. The minimum absolute atomic E-state index is 0.0898. The molecule has 23 heavy (non-hydrogen) atoms. The second-order valence-corrected chi connectivity index (χ2v) is 4.87. The summed E-state index contributed by atoms with van der Waals surface area (Å²) in [6, 6.07) is 15.0. The molecule has 5 heteroatoms. The molecule has 0 fully saturated rings. The lowest BCUT2D eigenvalue weighted by molar-refractivity contribution is -0.123. The Bertz CT molecular complexity index is 666. The molecule has 0 atom stereocenters. The number of hydrazone groups is 1. The van der Waals surface area contributed by atoms with Crippen molar-refractivity contribution in [2.75, 3.05) is 13.2 Å². The van der Waals surface area contributed by atoms with E-state index in [2.05, 4.69) is 10.5 Å². The first-order chi connectivity index (χ1) is 11.2. The van der Waals surface area contributed by atoms with Gasteiger partial charge in [0.05, 0.1) is 12.8 Å². The minimum Gasteiger partial charge on any atom is -0.493 e. The molecule has 0 saturated heterocycles. The van der Waals surface area contributed by atoms with E-state index in [-0.39, 0.29) is 12.5 Å². The molecule has 5 nitrogen and oxygen atoms in total.